The third kappa shape index (κ3) is 1.62. The molecule has 0 radical (unpaired) electrons. The van der Waals surface area contributed by atoms with Crippen LogP contribution in [-0.2, 0) is 9.59 Å². The number of nitrogens with one attached hydrogen (secondary N) is 1. The number of amidine groups is 1. The van der Waals surface area contributed by atoms with Crippen molar-refractivity contribution < 1.29 is 9.59 Å². The first-order valence-electron chi connectivity index (χ1n) is 4.45. The first kappa shape index (κ1) is 10.7. The van der Waals surface area contributed by atoms with Crippen LogP contribution in [0.15, 0.2) is 4.99 Å². The summed E-state index contributed by atoms with van der Waals surface area (Å²) in [4.78, 5) is 28.4. The minimum Gasteiger partial charge on any atom is -0.330 e. The van der Waals surface area contributed by atoms with Gasteiger partial charge in [-0.15, -0.1) is 0 Å². The Morgan fingerprint density at radius 2 is 2.21 bits per heavy atom. The van der Waals surface area contributed by atoms with Crippen LogP contribution in [0.3, 0.4) is 0 Å². The molecule has 0 aromatic rings. The summed E-state index contributed by atoms with van der Waals surface area (Å²) in [6.07, 6.45) is 0. The van der Waals surface area contributed by atoms with Crippen LogP contribution >= 0.6 is 0 Å². The highest BCUT2D eigenvalue weighted by atomic mass is 16.2. The minimum atomic E-state index is -0.856. The summed E-state index contributed by atoms with van der Waals surface area (Å²) < 4.78 is 0. The van der Waals surface area contributed by atoms with Gasteiger partial charge in [0.1, 0.15) is 5.54 Å². The van der Waals surface area contributed by atoms with Gasteiger partial charge >= 0.3 is 0 Å². The molecule has 1 rings (SSSR count). The molecule has 1 N–H and O–H groups in total. The second kappa shape index (κ2) is 3.40. The number of rotatable bonds is 1. The topological polar surface area (TPSA) is 61.8 Å². The third-order valence-electron chi connectivity index (χ3n) is 2.62. The summed E-state index contributed by atoms with van der Waals surface area (Å²) in [7, 11) is 1.61. The largest absolute Gasteiger partial charge is 0.330 e. The van der Waals surface area contributed by atoms with Gasteiger partial charge in [-0.2, -0.15) is 0 Å². The summed E-state index contributed by atoms with van der Waals surface area (Å²) in [5, 5.41) is 2.62. The summed E-state index contributed by atoms with van der Waals surface area (Å²) in [6, 6.07) is 0. The van der Waals surface area contributed by atoms with Crippen molar-refractivity contribution in [2.24, 2.45) is 4.99 Å². The van der Waals surface area contributed by atoms with Crippen molar-refractivity contribution in [1.82, 2.24) is 10.2 Å². The van der Waals surface area contributed by atoms with E-state index in [0.29, 0.717) is 12.4 Å². The van der Waals surface area contributed by atoms with E-state index in [1.165, 1.54) is 11.8 Å². The average Bonchev–Trinajstić information content (AvgIpc) is 2.10. The summed E-state index contributed by atoms with van der Waals surface area (Å²) >= 11 is 0. The lowest BCUT2D eigenvalue weighted by molar-refractivity contribution is -0.142. The van der Waals surface area contributed by atoms with Gasteiger partial charge in [-0.1, -0.05) is 0 Å². The summed E-state index contributed by atoms with van der Waals surface area (Å²) in [5.74, 6) is 0.282. The fraction of sp³-hybridized carbons (Fsp3) is 0.667. The van der Waals surface area contributed by atoms with Gasteiger partial charge in [0.2, 0.25) is 5.91 Å². The van der Waals surface area contributed by atoms with E-state index in [4.69, 9.17) is 0 Å². The van der Waals surface area contributed by atoms with Gasteiger partial charge in [0.15, 0.2) is 0 Å². The van der Waals surface area contributed by atoms with Crippen LogP contribution in [0.4, 0.5) is 0 Å². The molecule has 2 amide bonds. The molecule has 0 fully saturated rings. The third-order valence-corrected chi connectivity index (χ3v) is 2.62. The summed E-state index contributed by atoms with van der Waals surface area (Å²) in [5.41, 5.74) is -0.856. The van der Waals surface area contributed by atoms with Crippen molar-refractivity contribution in [3.8, 4) is 0 Å². The molecule has 0 aromatic heterocycles. The Bertz CT molecular complexity index is 311. The maximum absolute atomic E-state index is 11.7. The molecule has 1 heterocycles. The zero-order valence-electron chi connectivity index (χ0n) is 8.92. The predicted molar refractivity (Wildman–Crippen MR) is 53.0 cm³/mol. The molecule has 0 saturated carbocycles. The van der Waals surface area contributed by atoms with E-state index < -0.39 is 5.54 Å². The van der Waals surface area contributed by atoms with Crippen LogP contribution in [0, 0.1) is 0 Å². The lowest BCUT2D eigenvalue weighted by atomic mass is 9.97. The minimum absolute atomic E-state index is 0.141. The van der Waals surface area contributed by atoms with Gasteiger partial charge in [0, 0.05) is 14.0 Å². The van der Waals surface area contributed by atoms with E-state index in [1.54, 1.807) is 20.9 Å². The molecule has 1 atom stereocenters. The SMILES string of the molecule is CC(=O)N(C)[C@@]1(C)CN=C(C)NC1=O. The molecule has 0 saturated heterocycles. The van der Waals surface area contributed by atoms with Crippen LogP contribution in [0.1, 0.15) is 20.8 Å². The molecule has 1 aliphatic heterocycles. The predicted octanol–water partition coefficient (Wildman–Crippen LogP) is -0.228. The molecule has 0 unspecified atom stereocenters. The molecule has 5 heteroatoms. The molecule has 0 bridgehead atoms. The van der Waals surface area contributed by atoms with E-state index in [-0.39, 0.29) is 11.8 Å². The van der Waals surface area contributed by atoms with Crippen molar-refractivity contribution in [2.45, 2.75) is 26.3 Å². The second-order valence-corrected chi connectivity index (χ2v) is 3.71. The number of hydrogen-bond donors (Lipinski definition) is 1. The molecular weight excluding hydrogens is 182 g/mol. The number of nitrogens with zero attached hydrogens (tertiary/aromatic N) is 2. The maximum Gasteiger partial charge on any atom is 0.252 e. The molecule has 0 aliphatic carbocycles. The smallest absolute Gasteiger partial charge is 0.252 e. The van der Waals surface area contributed by atoms with Crippen molar-refractivity contribution in [2.75, 3.05) is 13.6 Å². The molecule has 0 aromatic carbocycles. The standard InChI is InChI=1S/C9H15N3O2/c1-6-10-5-9(3,8(14)11-6)12(4)7(2)13/h5H2,1-4H3,(H,10,11,14)/t9-/m0/s1. The van der Waals surface area contributed by atoms with Crippen molar-refractivity contribution >= 4 is 17.6 Å². The van der Waals surface area contributed by atoms with Crippen molar-refractivity contribution in [1.29, 1.82) is 0 Å². The molecule has 78 valence electrons. The van der Waals surface area contributed by atoms with Gasteiger partial charge in [-0.05, 0) is 13.8 Å². The highest BCUT2D eigenvalue weighted by Crippen LogP contribution is 2.17. The van der Waals surface area contributed by atoms with E-state index >= 15 is 0 Å². The number of likely N-dealkylation sites (N-methyl/N-ethyl adjacent to an activating group) is 1. The first-order valence-corrected chi connectivity index (χ1v) is 4.45. The van der Waals surface area contributed by atoms with E-state index in [1.807, 2.05) is 0 Å². The Morgan fingerprint density at radius 3 is 2.64 bits per heavy atom. The zero-order chi connectivity index (χ0) is 10.9. The van der Waals surface area contributed by atoms with Crippen molar-refractivity contribution in [3.05, 3.63) is 0 Å². The van der Waals surface area contributed by atoms with E-state index in [9.17, 15) is 9.59 Å². The van der Waals surface area contributed by atoms with Crippen LogP contribution in [0.5, 0.6) is 0 Å². The quantitative estimate of drug-likeness (QED) is 0.631. The lowest BCUT2D eigenvalue weighted by Crippen LogP contribution is -2.62. The van der Waals surface area contributed by atoms with Crippen LogP contribution in [-0.4, -0.2) is 41.7 Å². The van der Waals surface area contributed by atoms with E-state index in [0.717, 1.165) is 0 Å². The van der Waals surface area contributed by atoms with Crippen LogP contribution in [0.2, 0.25) is 0 Å². The number of hydrogen-bond acceptors (Lipinski definition) is 3. The van der Waals surface area contributed by atoms with Gasteiger partial charge in [0.25, 0.3) is 5.91 Å². The number of aliphatic imine (C=N–C) groups is 1. The maximum atomic E-state index is 11.7. The average molecular weight is 197 g/mol. The monoisotopic (exact) mass is 197 g/mol. The second-order valence-electron chi connectivity index (χ2n) is 3.71. The first-order chi connectivity index (χ1) is 6.38. The van der Waals surface area contributed by atoms with Crippen LogP contribution < -0.4 is 5.32 Å². The number of carbonyl (C=O) groups excluding carboxylic acids is 2. The molecular formula is C9H15N3O2. The molecule has 5 nitrogen and oxygen atoms in total. The highest BCUT2D eigenvalue weighted by Gasteiger charge is 2.41. The number of carbonyl (C=O) groups is 2. The Morgan fingerprint density at radius 1 is 1.64 bits per heavy atom. The normalized spacial score (nSPS) is 26.6. The number of amides is 2. The molecule has 0 spiro atoms. The summed E-state index contributed by atoms with van der Waals surface area (Å²) in [6.45, 7) is 5.19. The van der Waals surface area contributed by atoms with Crippen molar-refractivity contribution in [3.63, 3.8) is 0 Å². The molecule has 1 aliphatic rings. The Kier molecular flexibility index (Phi) is 2.59. The Hall–Kier alpha value is -1.39. The van der Waals surface area contributed by atoms with Gasteiger partial charge in [0.05, 0.1) is 12.4 Å². The van der Waals surface area contributed by atoms with Gasteiger partial charge < -0.3 is 10.2 Å². The Balaban J connectivity index is 2.95. The lowest BCUT2D eigenvalue weighted by Gasteiger charge is -2.37. The van der Waals surface area contributed by atoms with Gasteiger partial charge in [-0.25, -0.2) is 0 Å². The fourth-order valence-corrected chi connectivity index (χ4v) is 1.29. The molecule has 14 heavy (non-hydrogen) atoms. The van der Waals surface area contributed by atoms with Crippen LogP contribution in [0.25, 0.3) is 0 Å². The fourth-order valence-electron chi connectivity index (χ4n) is 1.29. The Labute approximate surface area is 83.2 Å². The van der Waals surface area contributed by atoms with E-state index in [2.05, 4.69) is 10.3 Å². The zero-order valence-corrected chi connectivity index (χ0v) is 8.92. The van der Waals surface area contributed by atoms with Gasteiger partial charge in [-0.3, -0.25) is 14.6 Å². The highest BCUT2D eigenvalue weighted by molar-refractivity contribution is 6.04.